The van der Waals surface area contributed by atoms with Gasteiger partial charge in [-0.25, -0.2) is 0 Å². The van der Waals surface area contributed by atoms with Crippen molar-refractivity contribution in [2.75, 3.05) is 25.5 Å². The highest BCUT2D eigenvalue weighted by Gasteiger charge is 2.36. The molecule has 2 aliphatic heterocycles. The van der Waals surface area contributed by atoms with Crippen molar-refractivity contribution in [1.82, 2.24) is 15.6 Å². The average Bonchev–Trinajstić information content (AvgIpc) is 3.11. The number of nitrogens with zero attached hydrogens (tertiary/aromatic N) is 1. The monoisotopic (exact) mass is 593 g/mol. The molecule has 3 aromatic rings. The van der Waals surface area contributed by atoms with Gasteiger partial charge in [0.2, 0.25) is 5.88 Å². The maximum absolute atomic E-state index is 13.5. The first-order valence-electron chi connectivity index (χ1n) is 13.2. The molecule has 11 heteroatoms. The van der Waals surface area contributed by atoms with Gasteiger partial charge in [-0.15, -0.1) is 0 Å². The second kappa shape index (κ2) is 11.9. The highest BCUT2D eigenvalue weighted by atomic mass is 35.5. The number of halogens is 2. The maximum atomic E-state index is 13.5. The molecule has 0 unspecified atom stereocenters. The zero-order chi connectivity index (χ0) is 29.1. The number of carbonyl (C=O) groups excluding carboxylic acids is 2. The van der Waals surface area contributed by atoms with Gasteiger partial charge in [0, 0.05) is 15.8 Å². The molecule has 0 saturated carbocycles. The minimum atomic E-state index is -0.670. The second-order valence-corrected chi connectivity index (χ2v) is 10.9. The van der Waals surface area contributed by atoms with E-state index in [-0.39, 0.29) is 22.2 Å². The zero-order valence-electron chi connectivity index (χ0n) is 22.6. The minimum absolute atomic E-state index is 0.116. The van der Waals surface area contributed by atoms with Gasteiger partial charge in [0.1, 0.15) is 11.1 Å². The lowest BCUT2D eigenvalue weighted by Gasteiger charge is -2.39. The van der Waals surface area contributed by atoms with Crippen molar-refractivity contribution < 1.29 is 14.3 Å². The molecule has 1 aromatic heterocycles. The third-order valence-corrected chi connectivity index (χ3v) is 7.92. The standard InChI is InChI=1S/C30H29Cl2N5O4/c1-17-6-7-18-14-22(28(40)35-25(18)36-29(17)41-2)27(39)34-24-15-19(8-9-23(24)32)26(38)37-30(10-12-33-13-11-30)20-4-3-5-21(31)16-20/h3-5,7-9,14-16,33H,6,10-13H2,1-2H3,(H,34,39)(H,37,38)(H,35,36,40). The van der Waals surface area contributed by atoms with E-state index in [1.54, 1.807) is 12.1 Å². The number of hydrogen-bond donors (Lipinski definition) is 4. The van der Waals surface area contributed by atoms with Crippen LogP contribution in [0.1, 0.15) is 52.5 Å². The fourth-order valence-corrected chi connectivity index (χ4v) is 5.44. The van der Waals surface area contributed by atoms with Crippen LogP contribution in [0.5, 0.6) is 0 Å². The molecule has 0 spiro atoms. The van der Waals surface area contributed by atoms with Gasteiger partial charge in [-0.2, -0.15) is 4.99 Å². The number of H-pyrrole nitrogens is 1. The van der Waals surface area contributed by atoms with Crippen LogP contribution in [-0.2, 0) is 10.3 Å². The average molecular weight is 594 g/mol. The molecule has 2 amide bonds. The van der Waals surface area contributed by atoms with Gasteiger partial charge in [0.15, 0.2) is 0 Å². The van der Waals surface area contributed by atoms with Crippen molar-refractivity contribution >= 4 is 46.8 Å². The molecule has 0 radical (unpaired) electrons. The number of carbonyl (C=O) groups is 2. The van der Waals surface area contributed by atoms with Crippen LogP contribution >= 0.6 is 23.2 Å². The molecule has 0 atom stereocenters. The highest BCUT2D eigenvalue weighted by molar-refractivity contribution is 6.34. The molecule has 1 fully saturated rings. The Balaban J connectivity index is 1.41. The number of aromatic nitrogens is 1. The number of anilines is 1. The topological polar surface area (TPSA) is 125 Å². The number of ether oxygens (including phenoxy) is 1. The van der Waals surface area contributed by atoms with Gasteiger partial charge >= 0.3 is 0 Å². The molecule has 41 heavy (non-hydrogen) atoms. The Bertz CT molecular complexity index is 1740. The van der Waals surface area contributed by atoms with Crippen molar-refractivity contribution in [2.24, 2.45) is 4.99 Å². The van der Waals surface area contributed by atoms with Crippen LogP contribution in [-0.4, -0.2) is 37.0 Å². The molecule has 212 valence electrons. The van der Waals surface area contributed by atoms with Gasteiger partial charge < -0.3 is 25.7 Å². The van der Waals surface area contributed by atoms with E-state index >= 15 is 0 Å². The Kier molecular flexibility index (Phi) is 8.30. The molecule has 2 aromatic carbocycles. The molecule has 9 nitrogen and oxygen atoms in total. The lowest BCUT2D eigenvalue weighted by molar-refractivity contribution is 0.0871. The van der Waals surface area contributed by atoms with E-state index in [2.05, 4.69) is 25.9 Å². The SMILES string of the molecule is COC1=C(C)CC=c2cc(C(=O)Nc3cc(C(=O)NC4(c5cccc(Cl)c5)CCNCC4)ccc3Cl)c(=O)[nH]c2=N1. The van der Waals surface area contributed by atoms with Crippen LogP contribution < -0.4 is 32.2 Å². The fourth-order valence-electron chi connectivity index (χ4n) is 5.09. The summed E-state index contributed by atoms with van der Waals surface area (Å²) in [7, 11) is 1.51. The zero-order valence-corrected chi connectivity index (χ0v) is 24.1. The van der Waals surface area contributed by atoms with Crippen LogP contribution in [0.15, 0.2) is 69.8 Å². The predicted molar refractivity (Wildman–Crippen MR) is 159 cm³/mol. The summed E-state index contributed by atoms with van der Waals surface area (Å²) < 4.78 is 5.30. The summed E-state index contributed by atoms with van der Waals surface area (Å²) in [6.45, 7) is 3.35. The van der Waals surface area contributed by atoms with Crippen LogP contribution in [0.2, 0.25) is 10.0 Å². The number of allylic oxidation sites excluding steroid dienone is 1. The van der Waals surface area contributed by atoms with E-state index in [1.807, 2.05) is 31.2 Å². The minimum Gasteiger partial charge on any atom is -0.481 e. The Morgan fingerprint density at radius 2 is 1.83 bits per heavy atom. The number of nitrogens with one attached hydrogen (secondary N) is 4. The summed E-state index contributed by atoms with van der Waals surface area (Å²) in [5, 5.41) is 10.6. The van der Waals surface area contributed by atoms with Gasteiger partial charge in [0.05, 0.1) is 23.4 Å². The molecule has 3 heterocycles. The third-order valence-electron chi connectivity index (χ3n) is 7.36. The largest absolute Gasteiger partial charge is 0.481 e. The first-order chi connectivity index (χ1) is 19.7. The van der Waals surface area contributed by atoms with Gasteiger partial charge in [-0.05, 0) is 86.8 Å². The van der Waals surface area contributed by atoms with E-state index < -0.39 is 17.0 Å². The number of benzene rings is 2. The van der Waals surface area contributed by atoms with Crippen LogP contribution in [0.4, 0.5) is 5.69 Å². The number of hydrogen-bond acceptors (Lipinski definition) is 6. The summed E-state index contributed by atoms with van der Waals surface area (Å²) in [5.74, 6) is -0.581. The molecule has 5 rings (SSSR count). The number of piperidine rings is 1. The summed E-state index contributed by atoms with van der Waals surface area (Å²) in [4.78, 5) is 46.6. The Labute approximate surface area is 246 Å². The Morgan fingerprint density at radius 3 is 2.56 bits per heavy atom. The van der Waals surface area contributed by atoms with Gasteiger partial charge in [0.25, 0.3) is 17.4 Å². The summed E-state index contributed by atoms with van der Waals surface area (Å²) in [6.07, 6.45) is 3.77. The smallest absolute Gasteiger partial charge is 0.262 e. The number of rotatable bonds is 6. The molecular formula is C30H29Cl2N5O4. The number of aromatic amines is 1. The first-order valence-corrected chi connectivity index (χ1v) is 13.9. The summed E-state index contributed by atoms with van der Waals surface area (Å²) in [5.41, 5.74) is 1.29. The molecule has 4 N–H and O–H groups in total. The van der Waals surface area contributed by atoms with E-state index in [4.69, 9.17) is 27.9 Å². The second-order valence-electron chi connectivity index (χ2n) is 10.1. The number of amides is 2. The van der Waals surface area contributed by atoms with E-state index in [1.165, 1.54) is 25.3 Å². The third kappa shape index (κ3) is 6.07. The number of pyridine rings is 1. The summed E-state index contributed by atoms with van der Waals surface area (Å²) >= 11 is 12.7. The molecule has 0 bridgehead atoms. The van der Waals surface area contributed by atoms with Crippen molar-refractivity contribution in [3.8, 4) is 0 Å². The quantitative estimate of drug-likeness (QED) is 0.347. The lowest BCUT2D eigenvalue weighted by Crippen LogP contribution is -2.52. The predicted octanol–water partition coefficient (Wildman–Crippen LogP) is 3.62. The van der Waals surface area contributed by atoms with Crippen LogP contribution in [0.25, 0.3) is 6.08 Å². The maximum Gasteiger partial charge on any atom is 0.262 e. The van der Waals surface area contributed by atoms with Crippen molar-refractivity contribution in [2.45, 2.75) is 31.7 Å². The van der Waals surface area contributed by atoms with E-state index in [0.717, 1.165) is 24.2 Å². The van der Waals surface area contributed by atoms with Crippen LogP contribution in [0.3, 0.4) is 0 Å². The molecule has 0 aliphatic carbocycles. The fraction of sp³-hybridized carbons (Fsp3) is 0.267. The molecular weight excluding hydrogens is 565 g/mol. The van der Waals surface area contributed by atoms with Gasteiger partial charge in [-0.1, -0.05) is 41.4 Å². The first kappa shape index (κ1) is 28.6. The van der Waals surface area contributed by atoms with Crippen LogP contribution in [0, 0.1) is 0 Å². The lowest BCUT2D eigenvalue weighted by atomic mass is 9.81. The summed E-state index contributed by atoms with van der Waals surface area (Å²) in [6, 6.07) is 13.6. The Hall–Kier alpha value is -3.92. The molecule has 1 saturated heterocycles. The molecule has 2 aliphatic rings. The van der Waals surface area contributed by atoms with E-state index in [9.17, 15) is 14.4 Å². The number of methoxy groups -OCH3 is 1. The number of fused-ring (bicyclic) bond motifs is 1. The van der Waals surface area contributed by atoms with Crippen molar-refractivity contribution in [1.29, 1.82) is 0 Å². The Morgan fingerprint density at radius 1 is 1.05 bits per heavy atom. The van der Waals surface area contributed by atoms with Gasteiger partial charge in [-0.3, -0.25) is 14.4 Å². The van der Waals surface area contributed by atoms with Crippen molar-refractivity contribution in [3.05, 3.63) is 108 Å². The van der Waals surface area contributed by atoms with Crippen molar-refractivity contribution in [3.63, 3.8) is 0 Å². The highest BCUT2D eigenvalue weighted by Crippen LogP contribution is 2.33. The normalized spacial score (nSPS) is 16.0. The van der Waals surface area contributed by atoms with E-state index in [0.29, 0.717) is 46.4 Å².